The second-order valence-electron chi connectivity index (χ2n) is 13.9. The third-order valence-electron chi connectivity index (χ3n) is 10.5. The van der Waals surface area contributed by atoms with Crippen LogP contribution < -0.4 is 14.8 Å². The van der Waals surface area contributed by atoms with Gasteiger partial charge in [-0.15, -0.1) is 0 Å². The van der Waals surface area contributed by atoms with E-state index in [1.165, 1.54) is 0 Å². The van der Waals surface area contributed by atoms with Crippen LogP contribution in [0.1, 0.15) is 11.1 Å². The molecule has 0 atom stereocenters. The Bertz CT molecular complexity index is 3460. The summed E-state index contributed by atoms with van der Waals surface area (Å²) >= 11 is 0. The highest BCUT2D eigenvalue weighted by Crippen LogP contribution is 2.59. The fourth-order valence-electron chi connectivity index (χ4n) is 7.85. The fourth-order valence-corrected chi connectivity index (χ4v) is 7.85. The van der Waals surface area contributed by atoms with Crippen molar-refractivity contribution in [2.24, 2.45) is 0 Å². The summed E-state index contributed by atoms with van der Waals surface area (Å²) in [6.07, 6.45) is 0. The molecule has 0 bridgehead atoms. The molecule has 0 radical (unpaired) electrons. The average molecular weight is 940 g/mol. The van der Waals surface area contributed by atoms with Gasteiger partial charge in [-0.3, -0.25) is 0 Å². The zero-order valence-corrected chi connectivity index (χ0v) is 30.3. The smallest absolute Gasteiger partial charge is 0.521 e. The molecule has 1 aliphatic rings. The van der Waals surface area contributed by atoms with Crippen molar-refractivity contribution >= 4 is 44.9 Å². The van der Waals surface area contributed by atoms with Crippen LogP contribution >= 0.6 is 0 Å². The lowest BCUT2D eigenvalue weighted by Crippen LogP contribution is -2.46. The zero-order valence-electron chi connectivity index (χ0n) is 30.3. The Kier molecular flexibility index (Phi) is 9.48. The van der Waals surface area contributed by atoms with Gasteiger partial charge in [0.25, 0.3) is 0 Å². The van der Waals surface area contributed by atoms with E-state index in [0.717, 1.165) is 12.1 Å². The number of alkyl halides is 2. The van der Waals surface area contributed by atoms with Gasteiger partial charge in [-0.25, -0.2) is 79.0 Å². The van der Waals surface area contributed by atoms with Crippen molar-refractivity contribution in [3.05, 3.63) is 158 Å². The van der Waals surface area contributed by atoms with E-state index in [2.05, 4.69) is 0 Å². The van der Waals surface area contributed by atoms with E-state index in [-0.39, 0.29) is 12.1 Å². The predicted molar refractivity (Wildman–Crippen MR) is 183 cm³/mol. The highest BCUT2D eigenvalue weighted by atomic mass is 19.3. The van der Waals surface area contributed by atoms with Crippen LogP contribution in [0.2, 0.25) is 0 Å². The van der Waals surface area contributed by atoms with Crippen molar-refractivity contribution in [3.63, 3.8) is 0 Å². The molecule has 0 aliphatic heterocycles. The van der Waals surface area contributed by atoms with Crippen LogP contribution in [0.5, 0.6) is 11.5 Å². The summed E-state index contributed by atoms with van der Waals surface area (Å²) in [6, 6.07) is 3.19. The van der Waals surface area contributed by atoms with E-state index >= 15 is 70.2 Å². The second-order valence-corrected chi connectivity index (χ2v) is 13.9. The van der Waals surface area contributed by atoms with Crippen LogP contribution in [0.4, 0.5) is 92.2 Å². The molecule has 0 saturated carbocycles. The average Bonchev–Trinajstić information content (AvgIpc) is 3.51. The van der Waals surface area contributed by atoms with Crippen molar-refractivity contribution in [1.82, 2.24) is 0 Å². The van der Waals surface area contributed by atoms with Crippen molar-refractivity contribution in [2.45, 2.75) is 5.92 Å². The van der Waals surface area contributed by atoms with Crippen LogP contribution in [-0.2, 0) is 5.92 Å². The Morgan fingerprint density at radius 3 is 1.40 bits per heavy atom. The summed E-state index contributed by atoms with van der Waals surface area (Å²) in [7, 11) is -3.80. The van der Waals surface area contributed by atoms with Crippen molar-refractivity contribution in [3.8, 4) is 33.8 Å². The normalized spacial score (nSPS) is 13.1. The Morgan fingerprint density at radius 1 is 0.369 bits per heavy atom. The SMILES string of the molecule is Fc1cc(F)c(F)c(-c2ccccc2OB(Oc2c(F)c(F)c(F)c3c2C(F)(F)c2c(F)c(F)c(F)c(F)c2-3)c2c(F)c(F)c3c(F)c(F)c4c(F)c(F)c(F)c5c(F)c(F)c2c3c45)c1. The molecule has 9 rings (SSSR count). The first-order valence-electron chi connectivity index (χ1n) is 17.4. The van der Waals surface area contributed by atoms with Gasteiger partial charge in [0.2, 0.25) is 5.82 Å². The van der Waals surface area contributed by atoms with Gasteiger partial charge in [0.15, 0.2) is 105 Å². The third kappa shape index (κ3) is 5.57. The van der Waals surface area contributed by atoms with Crippen molar-refractivity contribution in [2.75, 3.05) is 0 Å². The number of hydrogen-bond acceptors (Lipinski definition) is 2. The van der Waals surface area contributed by atoms with E-state index in [0.29, 0.717) is 12.1 Å². The lowest BCUT2D eigenvalue weighted by Gasteiger charge is -2.25. The molecule has 0 saturated heterocycles. The minimum atomic E-state index is -5.64. The maximum absolute atomic E-state index is 16.7. The standard InChI is InChI=1S/C41H6BF21O2/c43-7-5-9(23(45)10(44)6-7)8-3-1-2-4-11(8)64-42(65-40-21-15(25(47)37(59)39(40)61)14-20(41(21,62)63)33(55)38(60)36(58)24(14)46)22-16-12-13-18(27(49)26(16)48)31(53)35(57)32(54)19(13)29(51)28(50)17(12)30(52)34(22)56/h1-6H. The highest BCUT2D eigenvalue weighted by Gasteiger charge is 2.56. The molecule has 0 heterocycles. The molecule has 1 aliphatic carbocycles. The Labute approximate surface area is 344 Å². The van der Waals surface area contributed by atoms with Gasteiger partial charge in [-0.2, -0.15) is 13.2 Å². The number of para-hydroxylation sites is 1. The molecular formula is C41H6BF21O2. The molecule has 0 unspecified atom stereocenters. The van der Waals surface area contributed by atoms with Gasteiger partial charge in [0.1, 0.15) is 11.6 Å². The lowest BCUT2D eigenvalue weighted by molar-refractivity contribution is 0.0404. The fraction of sp³-hybridized carbons (Fsp3) is 0.0244. The van der Waals surface area contributed by atoms with E-state index < -0.39 is 206 Å². The van der Waals surface area contributed by atoms with Crippen molar-refractivity contribution < 1.29 is 102 Å². The maximum atomic E-state index is 16.7. The first kappa shape index (κ1) is 43.3. The summed E-state index contributed by atoms with van der Waals surface area (Å²) in [5.41, 5.74) is -14.5. The second kappa shape index (κ2) is 14.2. The summed E-state index contributed by atoms with van der Waals surface area (Å²) in [5.74, 6) is -60.9. The van der Waals surface area contributed by atoms with Gasteiger partial charge >= 0.3 is 13.0 Å². The third-order valence-corrected chi connectivity index (χ3v) is 10.5. The molecule has 0 N–H and O–H groups in total. The summed E-state index contributed by atoms with van der Waals surface area (Å²) < 4.78 is 335. The molecule has 24 heteroatoms. The van der Waals surface area contributed by atoms with Gasteiger partial charge in [-0.05, 0) is 12.1 Å². The van der Waals surface area contributed by atoms with E-state index in [9.17, 15) is 22.0 Å². The number of hydrogen-bond donors (Lipinski definition) is 0. The largest absolute Gasteiger partial charge is 0.636 e. The van der Waals surface area contributed by atoms with E-state index in [1.54, 1.807) is 0 Å². The van der Waals surface area contributed by atoms with Crippen LogP contribution in [0.3, 0.4) is 0 Å². The van der Waals surface area contributed by atoms with Crippen LogP contribution in [0, 0.1) is 111 Å². The monoisotopic (exact) mass is 940 g/mol. The summed E-state index contributed by atoms with van der Waals surface area (Å²) in [4.78, 5) is 0. The molecule has 0 fully saturated rings. The number of fused-ring (bicyclic) bond motifs is 3. The molecule has 8 aromatic rings. The number of rotatable bonds is 6. The minimum absolute atomic E-state index is 0.0119. The first-order valence-corrected chi connectivity index (χ1v) is 17.4. The molecule has 332 valence electrons. The number of halogens is 21. The Balaban J connectivity index is 1.44. The maximum Gasteiger partial charge on any atom is 0.636 e. The molecule has 0 aromatic heterocycles. The van der Waals surface area contributed by atoms with Crippen LogP contribution in [-0.4, -0.2) is 7.12 Å². The quantitative estimate of drug-likeness (QED) is 0.0544. The lowest BCUT2D eigenvalue weighted by atomic mass is 9.72. The van der Waals surface area contributed by atoms with Gasteiger partial charge in [0, 0.05) is 44.5 Å². The van der Waals surface area contributed by atoms with E-state index in [4.69, 9.17) is 9.31 Å². The van der Waals surface area contributed by atoms with Gasteiger partial charge < -0.3 is 9.31 Å². The predicted octanol–water partition coefficient (Wildman–Crippen LogP) is 12.9. The van der Waals surface area contributed by atoms with Crippen LogP contribution in [0.15, 0.2) is 36.4 Å². The van der Waals surface area contributed by atoms with Crippen LogP contribution in [0.25, 0.3) is 54.6 Å². The Morgan fingerprint density at radius 2 is 0.815 bits per heavy atom. The molecule has 65 heavy (non-hydrogen) atoms. The Hall–Kier alpha value is -7.01. The molecule has 0 spiro atoms. The molecule has 8 aromatic carbocycles. The first-order chi connectivity index (χ1) is 30.5. The van der Waals surface area contributed by atoms with E-state index in [1.807, 2.05) is 0 Å². The number of benzene rings is 8. The van der Waals surface area contributed by atoms with Gasteiger partial charge in [-0.1, -0.05) is 18.2 Å². The molecule has 2 nitrogen and oxygen atoms in total. The summed E-state index contributed by atoms with van der Waals surface area (Å²) in [6.45, 7) is 0. The zero-order chi connectivity index (χ0) is 47.4. The molecular weight excluding hydrogens is 934 g/mol. The topological polar surface area (TPSA) is 18.5 Å². The molecule has 0 amide bonds. The highest BCUT2D eigenvalue weighted by molar-refractivity contribution is 6.66. The summed E-state index contributed by atoms with van der Waals surface area (Å²) in [5, 5.41) is -12.3. The van der Waals surface area contributed by atoms with Crippen molar-refractivity contribution in [1.29, 1.82) is 0 Å². The van der Waals surface area contributed by atoms with Gasteiger partial charge in [0.05, 0.1) is 32.7 Å². The minimum Gasteiger partial charge on any atom is -0.521 e.